The number of hydrogen-bond donors (Lipinski definition) is 1. The summed E-state index contributed by atoms with van der Waals surface area (Å²) in [6, 6.07) is 4.08. The molecule has 92 valence electrons. The van der Waals surface area contributed by atoms with E-state index in [1.165, 1.54) is 0 Å². The van der Waals surface area contributed by atoms with Crippen LogP contribution in [0, 0.1) is 0 Å². The van der Waals surface area contributed by atoms with Crippen molar-refractivity contribution in [2.24, 2.45) is 5.73 Å². The highest BCUT2D eigenvalue weighted by Crippen LogP contribution is 2.33. The van der Waals surface area contributed by atoms with Crippen molar-refractivity contribution >= 4 is 27.0 Å². The average Bonchev–Trinajstić information content (AvgIpc) is 2.57. The highest BCUT2D eigenvalue weighted by Gasteiger charge is 2.21. The van der Waals surface area contributed by atoms with Crippen molar-refractivity contribution in [3.8, 4) is 0 Å². The Morgan fingerprint density at radius 3 is 2.65 bits per heavy atom. The van der Waals surface area contributed by atoms with Gasteiger partial charge in [-0.3, -0.25) is 0 Å². The molecule has 1 aromatic heterocycles. The van der Waals surface area contributed by atoms with Crippen LogP contribution in [0.5, 0.6) is 0 Å². The van der Waals surface area contributed by atoms with E-state index in [4.69, 9.17) is 10.2 Å². The Bertz CT molecular complexity index is 540. The summed E-state index contributed by atoms with van der Waals surface area (Å²) in [5.41, 5.74) is 8.50. The van der Waals surface area contributed by atoms with E-state index in [9.17, 15) is 0 Å². The van der Waals surface area contributed by atoms with Gasteiger partial charge in [0.2, 0.25) is 0 Å². The molecule has 0 amide bonds. The third-order valence-corrected chi connectivity index (χ3v) is 3.12. The van der Waals surface area contributed by atoms with Gasteiger partial charge >= 0.3 is 0 Å². The lowest BCUT2D eigenvalue weighted by Crippen LogP contribution is -2.11. The van der Waals surface area contributed by atoms with Crippen LogP contribution < -0.4 is 5.73 Å². The lowest BCUT2D eigenvalue weighted by Gasteiger charge is -2.19. The predicted molar refractivity (Wildman–Crippen MR) is 73.2 cm³/mol. The van der Waals surface area contributed by atoms with E-state index in [1.54, 1.807) is 0 Å². The Kier molecular flexibility index (Phi) is 3.27. The Morgan fingerprint density at radius 2 is 2.06 bits per heavy atom. The minimum absolute atomic E-state index is 0.0293. The summed E-state index contributed by atoms with van der Waals surface area (Å²) in [6.45, 7) is 7.05. The number of fused-ring (bicyclic) bond motifs is 1. The van der Waals surface area contributed by atoms with Crippen LogP contribution in [0.3, 0.4) is 0 Å². The smallest absolute Gasteiger partial charge is 0.196 e. The Hall–Kier alpha value is -0.870. The van der Waals surface area contributed by atoms with Crippen LogP contribution in [0.2, 0.25) is 0 Å². The van der Waals surface area contributed by atoms with Gasteiger partial charge in [0.15, 0.2) is 11.5 Å². The van der Waals surface area contributed by atoms with Crippen molar-refractivity contribution in [3.63, 3.8) is 0 Å². The van der Waals surface area contributed by atoms with Gasteiger partial charge in [0.25, 0.3) is 0 Å². The number of halogens is 1. The maximum absolute atomic E-state index is 5.81. The van der Waals surface area contributed by atoms with E-state index >= 15 is 0 Å². The summed E-state index contributed by atoms with van der Waals surface area (Å²) in [6.07, 6.45) is 0.676. The maximum atomic E-state index is 5.81. The number of nitrogens with two attached hydrogens (primary N) is 1. The monoisotopic (exact) mass is 296 g/mol. The molecular weight excluding hydrogens is 280 g/mol. The minimum Gasteiger partial charge on any atom is -0.440 e. The first-order valence-corrected chi connectivity index (χ1v) is 6.50. The second kappa shape index (κ2) is 4.42. The molecule has 0 spiro atoms. The number of rotatable bonds is 2. The first kappa shape index (κ1) is 12.6. The Balaban J connectivity index is 2.66. The fraction of sp³-hybridized carbons (Fsp3) is 0.462. The van der Waals surface area contributed by atoms with Crippen LogP contribution in [0.25, 0.3) is 11.1 Å². The molecule has 0 bridgehead atoms. The number of aromatic nitrogens is 1. The summed E-state index contributed by atoms with van der Waals surface area (Å²) < 4.78 is 6.84. The molecule has 2 rings (SSSR count). The summed E-state index contributed by atoms with van der Waals surface area (Å²) >= 11 is 3.52. The van der Waals surface area contributed by atoms with Crippen LogP contribution in [0.4, 0.5) is 0 Å². The zero-order valence-electron chi connectivity index (χ0n) is 10.4. The lowest BCUT2D eigenvalue weighted by molar-refractivity contribution is 0.513. The summed E-state index contributed by atoms with van der Waals surface area (Å²) in [7, 11) is 0. The molecule has 3 nitrogen and oxygen atoms in total. The highest BCUT2D eigenvalue weighted by atomic mass is 79.9. The predicted octanol–water partition coefficient (Wildman–Crippen LogP) is 3.39. The SMILES string of the molecule is CC(C)(C)c1cc(Br)cc2nc(CCN)oc12. The van der Waals surface area contributed by atoms with Crippen molar-refractivity contribution in [1.29, 1.82) is 0 Å². The van der Waals surface area contributed by atoms with E-state index in [0.29, 0.717) is 18.9 Å². The highest BCUT2D eigenvalue weighted by molar-refractivity contribution is 9.10. The number of oxazole rings is 1. The molecule has 2 N–H and O–H groups in total. The molecule has 1 aromatic carbocycles. The zero-order chi connectivity index (χ0) is 12.6. The largest absolute Gasteiger partial charge is 0.440 e. The van der Waals surface area contributed by atoms with Crippen LogP contribution >= 0.6 is 15.9 Å². The van der Waals surface area contributed by atoms with E-state index in [2.05, 4.69) is 47.8 Å². The molecule has 17 heavy (non-hydrogen) atoms. The van der Waals surface area contributed by atoms with Crippen molar-refractivity contribution < 1.29 is 4.42 Å². The molecule has 0 aliphatic heterocycles. The molecule has 1 heterocycles. The average molecular weight is 297 g/mol. The molecular formula is C13H17BrN2O. The third kappa shape index (κ3) is 2.53. The van der Waals surface area contributed by atoms with Crippen molar-refractivity contribution in [1.82, 2.24) is 4.98 Å². The molecule has 4 heteroatoms. The van der Waals surface area contributed by atoms with Crippen LogP contribution in [0.15, 0.2) is 21.0 Å². The first-order valence-electron chi connectivity index (χ1n) is 5.71. The molecule has 0 radical (unpaired) electrons. The summed E-state index contributed by atoms with van der Waals surface area (Å²) in [5, 5.41) is 0. The van der Waals surface area contributed by atoms with Gasteiger partial charge in [-0.15, -0.1) is 0 Å². The van der Waals surface area contributed by atoms with Gasteiger partial charge in [-0.1, -0.05) is 36.7 Å². The molecule has 0 aliphatic rings. The molecule has 0 unspecified atom stereocenters. The molecule has 0 aliphatic carbocycles. The second-order valence-corrected chi connectivity index (χ2v) is 6.11. The number of hydrogen-bond acceptors (Lipinski definition) is 3. The second-order valence-electron chi connectivity index (χ2n) is 5.20. The van der Waals surface area contributed by atoms with Crippen molar-refractivity contribution in [3.05, 3.63) is 28.1 Å². The van der Waals surface area contributed by atoms with Gasteiger partial charge in [-0.2, -0.15) is 0 Å². The summed E-state index contributed by atoms with van der Waals surface area (Å²) in [5.74, 6) is 0.714. The van der Waals surface area contributed by atoms with Crippen LogP contribution in [-0.4, -0.2) is 11.5 Å². The molecule has 0 atom stereocenters. The fourth-order valence-electron chi connectivity index (χ4n) is 1.83. The quantitative estimate of drug-likeness (QED) is 0.924. The van der Waals surface area contributed by atoms with Crippen molar-refractivity contribution in [2.45, 2.75) is 32.6 Å². The molecule has 0 saturated carbocycles. The van der Waals surface area contributed by atoms with Crippen LogP contribution in [0.1, 0.15) is 32.2 Å². The lowest BCUT2D eigenvalue weighted by atomic mass is 9.86. The zero-order valence-corrected chi connectivity index (χ0v) is 12.0. The van der Waals surface area contributed by atoms with E-state index < -0.39 is 0 Å². The molecule has 2 aromatic rings. The van der Waals surface area contributed by atoms with Gasteiger partial charge in [-0.05, 0) is 17.5 Å². The maximum Gasteiger partial charge on any atom is 0.196 e. The Labute approximate surface area is 110 Å². The first-order chi connectivity index (χ1) is 7.91. The van der Waals surface area contributed by atoms with E-state index in [1.807, 2.05) is 6.07 Å². The van der Waals surface area contributed by atoms with E-state index in [-0.39, 0.29) is 5.41 Å². The van der Waals surface area contributed by atoms with Gasteiger partial charge in [0.1, 0.15) is 5.52 Å². The summed E-state index contributed by atoms with van der Waals surface area (Å²) in [4.78, 5) is 4.46. The topological polar surface area (TPSA) is 52.0 Å². The Morgan fingerprint density at radius 1 is 1.35 bits per heavy atom. The van der Waals surface area contributed by atoms with Gasteiger partial charge in [0, 0.05) is 23.0 Å². The molecule has 0 fully saturated rings. The van der Waals surface area contributed by atoms with E-state index in [0.717, 1.165) is 21.1 Å². The molecule has 0 saturated heterocycles. The van der Waals surface area contributed by atoms with Gasteiger partial charge in [0.05, 0.1) is 0 Å². The number of benzene rings is 1. The third-order valence-electron chi connectivity index (χ3n) is 2.67. The fourth-order valence-corrected chi connectivity index (χ4v) is 2.28. The van der Waals surface area contributed by atoms with Crippen LogP contribution in [-0.2, 0) is 11.8 Å². The van der Waals surface area contributed by atoms with Crippen molar-refractivity contribution in [2.75, 3.05) is 6.54 Å². The normalized spacial score (nSPS) is 12.3. The number of nitrogens with zero attached hydrogens (tertiary/aromatic N) is 1. The van der Waals surface area contributed by atoms with Gasteiger partial charge < -0.3 is 10.2 Å². The van der Waals surface area contributed by atoms with Gasteiger partial charge in [-0.25, -0.2) is 4.98 Å². The standard InChI is InChI=1S/C13H17BrN2O/c1-13(2,3)9-6-8(14)7-10-12(9)17-11(16-10)4-5-15/h6-7H,4-5,15H2,1-3H3. The minimum atomic E-state index is 0.0293.